The number of benzene rings is 2. The molecule has 1 fully saturated rings. The second-order valence-corrected chi connectivity index (χ2v) is 9.11. The van der Waals surface area contributed by atoms with E-state index in [0.717, 1.165) is 50.7 Å². The third kappa shape index (κ3) is 3.65. The number of fused-ring (bicyclic) bond motifs is 4. The molecule has 160 valence electrons. The normalized spacial score (nSPS) is 26.8. The number of aliphatic hydroxyl groups excluding tert-OH is 1. The number of hydrogen-bond acceptors (Lipinski definition) is 3. The fourth-order valence-corrected chi connectivity index (χ4v) is 6.11. The molecule has 2 aromatic carbocycles. The van der Waals surface area contributed by atoms with Crippen LogP contribution in [0.4, 0.5) is 0 Å². The van der Waals surface area contributed by atoms with E-state index in [4.69, 9.17) is 4.74 Å². The zero-order valence-corrected chi connectivity index (χ0v) is 18.4. The molecule has 0 heterocycles. The Morgan fingerprint density at radius 2 is 1.90 bits per heavy atom. The molecule has 0 saturated heterocycles. The van der Waals surface area contributed by atoms with Gasteiger partial charge in [-0.05, 0) is 69.4 Å². The Morgan fingerprint density at radius 3 is 2.53 bits per heavy atom. The summed E-state index contributed by atoms with van der Waals surface area (Å²) in [5.74, 6) is 1.72. The Labute approximate surface area is 180 Å². The van der Waals surface area contributed by atoms with E-state index in [1.807, 2.05) is 24.3 Å². The fraction of sp³-hybridized carbons (Fsp3) is 0.481. The molecule has 3 heteroatoms. The summed E-state index contributed by atoms with van der Waals surface area (Å²) in [7, 11) is 1.70. The lowest BCUT2D eigenvalue weighted by molar-refractivity contribution is 0.176. The Kier molecular flexibility index (Phi) is 5.92. The minimum Gasteiger partial charge on any atom is -0.508 e. The van der Waals surface area contributed by atoms with Crippen molar-refractivity contribution in [2.45, 2.75) is 70.3 Å². The van der Waals surface area contributed by atoms with Gasteiger partial charge in [-0.25, -0.2) is 0 Å². The highest BCUT2D eigenvalue weighted by Gasteiger charge is 2.48. The molecule has 2 N–H and O–H groups in total. The van der Waals surface area contributed by atoms with E-state index in [0.29, 0.717) is 11.7 Å². The molecule has 1 saturated carbocycles. The van der Waals surface area contributed by atoms with Gasteiger partial charge in [0.05, 0.1) is 13.2 Å². The van der Waals surface area contributed by atoms with Crippen molar-refractivity contribution in [1.82, 2.24) is 0 Å². The Bertz CT molecular complexity index is 913. The van der Waals surface area contributed by atoms with E-state index in [9.17, 15) is 10.2 Å². The predicted molar refractivity (Wildman–Crippen MR) is 121 cm³/mol. The minimum atomic E-state index is -0.154. The molecule has 30 heavy (non-hydrogen) atoms. The van der Waals surface area contributed by atoms with Gasteiger partial charge in [0, 0.05) is 17.0 Å². The summed E-state index contributed by atoms with van der Waals surface area (Å²) in [6.07, 6.45) is 7.02. The summed E-state index contributed by atoms with van der Waals surface area (Å²) in [6, 6.07) is 13.9. The number of methoxy groups -OCH3 is 1. The van der Waals surface area contributed by atoms with Crippen molar-refractivity contribution in [3.05, 3.63) is 70.3 Å². The number of aryl methyl sites for hydroxylation is 2. The van der Waals surface area contributed by atoms with Crippen LogP contribution in [0.15, 0.2) is 53.6 Å². The molecule has 5 rings (SSSR count). The largest absolute Gasteiger partial charge is 0.508 e. The Hall–Kier alpha value is -2.26. The van der Waals surface area contributed by atoms with E-state index in [2.05, 4.69) is 26.0 Å². The third-order valence-electron chi connectivity index (χ3n) is 7.45. The van der Waals surface area contributed by atoms with Gasteiger partial charge >= 0.3 is 0 Å². The van der Waals surface area contributed by atoms with Crippen LogP contribution >= 0.6 is 0 Å². The lowest BCUT2D eigenvalue weighted by Gasteiger charge is -2.47. The predicted octanol–water partition coefficient (Wildman–Crippen LogP) is 5.85. The zero-order chi connectivity index (χ0) is 21.3. The first-order chi connectivity index (χ1) is 14.5. The molecule has 3 nitrogen and oxygen atoms in total. The van der Waals surface area contributed by atoms with Crippen molar-refractivity contribution in [3.63, 3.8) is 0 Å². The number of aliphatic hydroxyl groups is 1. The molecule has 0 aromatic heterocycles. The topological polar surface area (TPSA) is 49.7 Å². The Morgan fingerprint density at radius 1 is 1.13 bits per heavy atom. The van der Waals surface area contributed by atoms with Gasteiger partial charge in [0.25, 0.3) is 0 Å². The number of rotatable bonds is 2. The molecule has 0 radical (unpaired) electrons. The van der Waals surface area contributed by atoms with Gasteiger partial charge in [-0.1, -0.05) is 54.0 Å². The van der Waals surface area contributed by atoms with E-state index < -0.39 is 0 Å². The van der Waals surface area contributed by atoms with Crippen LogP contribution in [-0.4, -0.2) is 23.4 Å². The van der Waals surface area contributed by atoms with Gasteiger partial charge in [0.15, 0.2) is 0 Å². The molecule has 0 spiro atoms. The molecule has 0 bridgehead atoms. The van der Waals surface area contributed by atoms with Crippen LogP contribution in [-0.2, 0) is 11.8 Å². The maximum Gasteiger partial charge on any atom is 0.126 e. The number of aromatic hydroxyl groups is 1. The molecule has 0 aliphatic heterocycles. The van der Waals surface area contributed by atoms with Crippen LogP contribution in [0, 0.1) is 12.8 Å². The molecular weight excluding hydrogens is 372 g/mol. The van der Waals surface area contributed by atoms with Crippen molar-refractivity contribution in [2.75, 3.05) is 7.11 Å². The summed E-state index contributed by atoms with van der Waals surface area (Å²) < 4.78 is 5.67. The molecule has 3 aliphatic rings. The summed E-state index contributed by atoms with van der Waals surface area (Å²) in [4.78, 5) is 0. The average molecular weight is 407 g/mol. The van der Waals surface area contributed by atoms with E-state index in [-0.39, 0.29) is 11.5 Å². The van der Waals surface area contributed by atoms with Crippen molar-refractivity contribution in [3.8, 4) is 11.5 Å². The molecule has 3 atom stereocenters. The quantitative estimate of drug-likeness (QED) is 0.615. The summed E-state index contributed by atoms with van der Waals surface area (Å²) in [5, 5.41) is 20.2. The first-order valence-electron chi connectivity index (χ1n) is 11.3. The van der Waals surface area contributed by atoms with Crippen LogP contribution in [0.2, 0.25) is 0 Å². The van der Waals surface area contributed by atoms with Crippen molar-refractivity contribution in [2.24, 2.45) is 5.92 Å². The number of phenols is 1. The molecule has 3 unspecified atom stereocenters. The lowest BCUT2D eigenvalue weighted by atomic mass is 9.57. The summed E-state index contributed by atoms with van der Waals surface area (Å²) in [5.41, 5.74) is 7.01. The maximum absolute atomic E-state index is 10.1. The first kappa shape index (κ1) is 21.0. The SMILES string of the molecule is CCC12CCC3CC(O)CC3=C1CCc1cc(O)cc(OC)c12.Cc1ccccc1. The lowest BCUT2D eigenvalue weighted by Crippen LogP contribution is -2.38. The highest BCUT2D eigenvalue weighted by molar-refractivity contribution is 5.58. The summed E-state index contributed by atoms with van der Waals surface area (Å²) >= 11 is 0. The van der Waals surface area contributed by atoms with Gasteiger partial charge in [0.2, 0.25) is 0 Å². The second kappa shape index (κ2) is 8.47. The van der Waals surface area contributed by atoms with Gasteiger partial charge in [-0.15, -0.1) is 0 Å². The van der Waals surface area contributed by atoms with Crippen LogP contribution < -0.4 is 4.74 Å². The van der Waals surface area contributed by atoms with Crippen LogP contribution in [0.5, 0.6) is 11.5 Å². The van der Waals surface area contributed by atoms with Gasteiger partial charge < -0.3 is 14.9 Å². The Balaban J connectivity index is 0.000000265. The zero-order valence-electron chi connectivity index (χ0n) is 18.4. The monoisotopic (exact) mass is 406 g/mol. The molecule has 0 amide bonds. The van der Waals surface area contributed by atoms with Crippen LogP contribution in [0.3, 0.4) is 0 Å². The first-order valence-corrected chi connectivity index (χ1v) is 11.3. The highest BCUT2D eigenvalue weighted by Crippen LogP contribution is 2.58. The molecular formula is C27H34O3. The number of hydrogen-bond donors (Lipinski definition) is 2. The van der Waals surface area contributed by atoms with Crippen molar-refractivity contribution in [1.29, 1.82) is 0 Å². The fourth-order valence-electron chi connectivity index (χ4n) is 6.11. The minimum absolute atomic E-state index is 0.0442. The number of phenolic OH excluding ortho intramolecular Hbond substituents is 1. The standard InChI is InChI=1S/C20H26O3.C7H8/c1-3-20-7-6-12-8-14(21)10-16(12)17(20)5-4-13-9-15(22)11-18(23-2)19(13)20;1-7-5-3-2-4-6-7/h9,11-12,14,21-22H,3-8,10H2,1-2H3;2-6H,1H3. The molecule has 3 aliphatic carbocycles. The third-order valence-corrected chi connectivity index (χ3v) is 7.45. The van der Waals surface area contributed by atoms with Gasteiger partial charge in [-0.3, -0.25) is 0 Å². The highest BCUT2D eigenvalue weighted by atomic mass is 16.5. The van der Waals surface area contributed by atoms with Crippen LogP contribution in [0.1, 0.15) is 62.1 Å². The van der Waals surface area contributed by atoms with Gasteiger partial charge in [0.1, 0.15) is 11.5 Å². The summed E-state index contributed by atoms with van der Waals surface area (Å²) in [6.45, 7) is 4.35. The second-order valence-electron chi connectivity index (χ2n) is 9.11. The number of ether oxygens (including phenoxy) is 1. The average Bonchev–Trinajstić information content (AvgIpc) is 3.13. The van der Waals surface area contributed by atoms with E-state index in [1.54, 1.807) is 18.7 Å². The van der Waals surface area contributed by atoms with Crippen LogP contribution in [0.25, 0.3) is 0 Å². The van der Waals surface area contributed by atoms with Crippen molar-refractivity contribution < 1.29 is 14.9 Å². The van der Waals surface area contributed by atoms with E-state index >= 15 is 0 Å². The van der Waals surface area contributed by atoms with Crippen molar-refractivity contribution >= 4 is 0 Å². The molecule has 2 aromatic rings. The number of allylic oxidation sites excluding steroid dienone is 1. The smallest absolute Gasteiger partial charge is 0.126 e. The van der Waals surface area contributed by atoms with Gasteiger partial charge in [-0.2, -0.15) is 0 Å². The van der Waals surface area contributed by atoms with E-state index in [1.165, 1.54) is 22.3 Å². The maximum atomic E-state index is 10.1.